The van der Waals surface area contributed by atoms with E-state index in [1.165, 1.54) is 19.2 Å². The first kappa shape index (κ1) is 12.5. The summed E-state index contributed by atoms with van der Waals surface area (Å²) in [7, 11) is 1.48. The molecule has 1 atom stereocenters. The molecule has 0 unspecified atom stereocenters. The van der Waals surface area contributed by atoms with E-state index in [4.69, 9.17) is 9.47 Å². The maximum absolute atomic E-state index is 12.2. The van der Waals surface area contributed by atoms with Crippen molar-refractivity contribution in [3.8, 4) is 17.2 Å². The van der Waals surface area contributed by atoms with Gasteiger partial charge in [0.2, 0.25) is 0 Å². The normalized spacial score (nSPS) is 17.2. The van der Waals surface area contributed by atoms with Gasteiger partial charge < -0.3 is 14.6 Å². The third-order valence-corrected chi connectivity index (χ3v) is 3.36. The molecule has 0 saturated heterocycles. The van der Waals surface area contributed by atoms with Crippen LogP contribution in [0.4, 0.5) is 0 Å². The second-order valence-corrected chi connectivity index (χ2v) is 4.67. The van der Waals surface area contributed by atoms with Crippen LogP contribution in [0.5, 0.6) is 17.2 Å². The minimum atomic E-state index is -0.324. The van der Waals surface area contributed by atoms with Crippen LogP contribution in [0.3, 0.4) is 0 Å². The third-order valence-electron chi connectivity index (χ3n) is 3.36. The molecule has 4 heteroatoms. The van der Waals surface area contributed by atoms with Gasteiger partial charge in [0.25, 0.3) is 0 Å². The molecule has 0 bridgehead atoms. The van der Waals surface area contributed by atoms with Crippen LogP contribution in [0, 0.1) is 0 Å². The Morgan fingerprint density at radius 2 is 2.00 bits per heavy atom. The zero-order valence-corrected chi connectivity index (χ0v) is 11.0. The molecule has 0 amide bonds. The molecule has 0 radical (unpaired) electrons. The number of fused-ring (bicyclic) bond motifs is 1. The number of benzene rings is 2. The number of rotatable bonds is 2. The van der Waals surface area contributed by atoms with E-state index < -0.39 is 0 Å². The molecule has 102 valence electrons. The highest BCUT2D eigenvalue weighted by molar-refractivity contribution is 6.01. The number of methoxy groups -OCH3 is 1. The van der Waals surface area contributed by atoms with Crippen molar-refractivity contribution in [1.82, 2.24) is 0 Å². The lowest BCUT2D eigenvalue weighted by Crippen LogP contribution is -2.20. The van der Waals surface area contributed by atoms with Gasteiger partial charge in [-0.25, -0.2) is 0 Å². The Balaban J connectivity index is 2.04. The number of aromatic hydroxyl groups is 1. The fourth-order valence-electron chi connectivity index (χ4n) is 2.38. The Morgan fingerprint density at radius 3 is 2.70 bits per heavy atom. The predicted molar refractivity (Wildman–Crippen MR) is 73.4 cm³/mol. The standard InChI is InChI=1S/C16H14O4/c1-19-15-8-11(17)7-12-13(18)9-14(20-16(12)15)10-5-3-2-4-6-10/h2-8,14,17H,9H2,1H3/t14-/m1/s1. The van der Waals surface area contributed by atoms with E-state index >= 15 is 0 Å². The first-order chi connectivity index (χ1) is 9.69. The molecule has 0 saturated carbocycles. The zero-order chi connectivity index (χ0) is 14.1. The Labute approximate surface area is 116 Å². The van der Waals surface area contributed by atoms with Crippen LogP contribution in [0.1, 0.15) is 28.4 Å². The molecule has 0 spiro atoms. The van der Waals surface area contributed by atoms with Gasteiger partial charge in [0.1, 0.15) is 11.9 Å². The fourth-order valence-corrected chi connectivity index (χ4v) is 2.38. The summed E-state index contributed by atoms with van der Waals surface area (Å²) in [5, 5.41) is 9.61. The first-order valence-electron chi connectivity index (χ1n) is 6.35. The molecule has 3 rings (SSSR count). The second kappa shape index (κ2) is 4.89. The quantitative estimate of drug-likeness (QED) is 0.911. The molecule has 2 aromatic carbocycles. The van der Waals surface area contributed by atoms with Crippen LogP contribution < -0.4 is 9.47 Å². The van der Waals surface area contributed by atoms with Gasteiger partial charge in [-0.1, -0.05) is 30.3 Å². The summed E-state index contributed by atoms with van der Waals surface area (Å²) in [6.45, 7) is 0. The molecule has 1 heterocycles. The Hall–Kier alpha value is -2.49. The van der Waals surface area contributed by atoms with Gasteiger partial charge in [-0.15, -0.1) is 0 Å². The van der Waals surface area contributed by atoms with E-state index in [1.54, 1.807) is 0 Å². The first-order valence-corrected chi connectivity index (χ1v) is 6.35. The molecule has 1 aliphatic heterocycles. The number of carbonyl (C=O) groups excluding carboxylic acids is 1. The number of ketones is 1. The van der Waals surface area contributed by atoms with Crippen molar-refractivity contribution >= 4 is 5.78 Å². The third kappa shape index (κ3) is 2.09. The predicted octanol–water partition coefficient (Wildman–Crippen LogP) is 3.11. The summed E-state index contributed by atoms with van der Waals surface area (Å²) in [5.41, 5.74) is 1.32. The number of hydrogen-bond donors (Lipinski definition) is 1. The average Bonchev–Trinajstić information content (AvgIpc) is 2.48. The van der Waals surface area contributed by atoms with Gasteiger partial charge in [-0.05, 0) is 11.6 Å². The smallest absolute Gasteiger partial charge is 0.173 e. The largest absolute Gasteiger partial charge is 0.508 e. The average molecular weight is 270 g/mol. The summed E-state index contributed by atoms with van der Waals surface area (Å²) in [4.78, 5) is 12.2. The van der Waals surface area contributed by atoms with Crippen molar-refractivity contribution in [1.29, 1.82) is 0 Å². The molecule has 4 nitrogen and oxygen atoms in total. The maximum atomic E-state index is 12.2. The van der Waals surface area contributed by atoms with Gasteiger partial charge in [-0.2, -0.15) is 0 Å². The molecule has 2 aromatic rings. The van der Waals surface area contributed by atoms with Gasteiger partial charge in [0.15, 0.2) is 17.3 Å². The number of phenols is 1. The van der Waals surface area contributed by atoms with Crippen LogP contribution >= 0.6 is 0 Å². The summed E-state index contributed by atoms with van der Waals surface area (Å²) in [5.74, 6) is 0.703. The molecular weight excluding hydrogens is 256 g/mol. The molecule has 20 heavy (non-hydrogen) atoms. The van der Waals surface area contributed by atoms with E-state index in [2.05, 4.69) is 0 Å². The van der Waals surface area contributed by atoms with E-state index in [0.717, 1.165) is 5.56 Å². The van der Waals surface area contributed by atoms with Crippen molar-refractivity contribution < 1.29 is 19.4 Å². The highest BCUT2D eigenvalue weighted by Crippen LogP contribution is 2.43. The van der Waals surface area contributed by atoms with Crippen molar-refractivity contribution in [3.05, 3.63) is 53.6 Å². The van der Waals surface area contributed by atoms with E-state index in [1.807, 2.05) is 30.3 Å². The zero-order valence-electron chi connectivity index (χ0n) is 11.0. The van der Waals surface area contributed by atoms with Crippen LogP contribution in [0.25, 0.3) is 0 Å². The lowest BCUT2D eigenvalue weighted by molar-refractivity contribution is 0.0841. The van der Waals surface area contributed by atoms with Crippen molar-refractivity contribution in [2.24, 2.45) is 0 Å². The van der Waals surface area contributed by atoms with Crippen LogP contribution in [-0.4, -0.2) is 18.0 Å². The number of Topliss-reactive ketones (excluding diaryl/α,β-unsaturated/α-hetero) is 1. The Kier molecular flexibility index (Phi) is 3.06. The summed E-state index contributed by atoms with van der Waals surface area (Å²) < 4.78 is 11.1. The minimum Gasteiger partial charge on any atom is -0.508 e. The molecule has 0 aliphatic carbocycles. The number of ether oxygens (including phenoxy) is 2. The number of hydrogen-bond acceptors (Lipinski definition) is 4. The summed E-state index contributed by atoms with van der Waals surface area (Å²) in [6, 6.07) is 12.5. The molecule has 0 aromatic heterocycles. The number of phenolic OH excluding ortho intramolecular Hbond substituents is 1. The van der Waals surface area contributed by atoms with Crippen molar-refractivity contribution in [3.63, 3.8) is 0 Å². The van der Waals surface area contributed by atoms with Gasteiger partial charge in [0.05, 0.1) is 19.1 Å². The topological polar surface area (TPSA) is 55.8 Å². The van der Waals surface area contributed by atoms with E-state index in [0.29, 0.717) is 17.1 Å². The molecule has 1 aliphatic rings. The highest BCUT2D eigenvalue weighted by Gasteiger charge is 2.30. The molecule has 1 N–H and O–H groups in total. The molecule has 0 fully saturated rings. The maximum Gasteiger partial charge on any atom is 0.173 e. The number of carbonyl (C=O) groups is 1. The monoisotopic (exact) mass is 270 g/mol. The molecular formula is C16H14O4. The van der Waals surface area contributed by atoms with Crippen LogP contribution in [0.2, 0.25) is 0 Å². The van der Waals surface area contributed by atoms with E-state index in [9.17, 15) is 9.90 Å². The van der Waals surface area contributed by atoms with Gasteiger partial charge >= 0.3 is 0 Å². The van der Waals surface area contributed by atoms with E-state index in [-0.39, 0.29) is 24.1 Å². The SMILES string of the molecule is COc1cc(O)cc2c1O[C@@H](c1ccccc1)CC2=O. The van der Waals surface area contributed by atoms with Crippen LogP contribution in [-0.2, 0) is 0 Å². The van der Waals surface area contributed by atoms with Crippen molar-refractivity contribution in [2.75, 3.05) is 7.11 Å². The lowest BCUT2D eigenvalue weighted by Gasteiger charge is -2.27. The fraction of sp³-hybridized carbons (Fsp3) is 0.188. The highest BCUT2D eigenvalue weighted by atomic mass is 16.5. The minimum absolute atomic E-state index is 0.00397. The Bertz CT molecular complexity index is 649. The summed E-state index contributed by atoms with van der Waals surface area (Å²) in [6.07, 6.45) is -0.0708. The van der Waals surface area contributed by atoms with Gasteiger partial charge in [-0.3, -0.25) is 4.79 Å². The van der Waals surface area contributed by atoms with Crippen LogP contribution in [0.15, 0.2) is 42.5 Å². The Morgan fingerprint density at radius 1 is 1.25 bits per heavy atom. The summed E-state index contributed by atoms with van der Waals surface area (Å²) >= 11 is 0. The lowest BCUT2D eigenvalue weighted by atomic mass is 9.96. The van der Waals surface area contributed by atoms with Crippen molar-refractivity contribution in [2.45, 2.75) is 12.5 Å². The van der Waals surface area contributed by atoms with Gasteiger partial charge in [0, 0.05) is 6.07 Å². The second-order valence-electron chi connectivity index (χ2n) is 4.67.